The Labute approximate surface area is 75.0 Å². The molecule has 1 aliphatic heterocycles. The molecule has 0 aromatic carbocycles. The zero-order valence-electron chi connectivity index (χ0n) is 6.24. The van der Waals surface area contributed by atoms with E-state index in [0.29, 0.717) is 0 Å². The molecule has 0 amide bonds. The van der Waals surface area contributed by atoms with Crippen LogP contribution in [0.15, 0.2) is 0 Å². The summed E-state index contributed by atoms with van der Waals surface area (Å²) < 4.78 is 4.69. The monoisotopic (exact) mass is 196 g/mol. The fourth-order valence-corrected chi connectivity index (χ4v) is 1.42. The second-order valence-corrected chi connectivity index (χ2v) is 3.32. The summed E-state index contributed by atoms with van der Waals surface area (Å²) in [4.78, 5) is 0. The summed E-state index contributed by atoms with van der Waals surface area (Å²) >= 11 is 3.87. The minimum Gasteiger partial charge on any atom is -0.394 e. The maximum atomic E-state index is 9.29. The number of ether oxygens (including phenoxy) is 1. The van der Waals surface area contributed by atoms with E-state index in [4.69, 9.17) is 15.3 Å². The van der Waals surface area contributed by atoms with Crippen molar-refractivity contribution >= 4 is 12.6 Å². The van der Waals surface area contributed by atoms with Crippen LogP contribution in [0.4, 0.5) is 0 Å². The van der Waals surface area contributed by atoms with Crippen LogP contribution in [-0.2, 0) is 4.74 Å². The molecule has 4 N–H and O–H groups in total. The number of hydrogen-bond donors (Lipinski definition) is 5. The standard InChI is InChI=1S/C6H12O5S/c7-1-2-3(8)5(12)4(9)6(10)11-2/h2-10,12H,1H2/t2-,3+,4-,5-,6+/m1/s1. The molecule has 0 aromatic heterocycles. The highest BCUT2D eigenvalue weighted by atomic mass is 32.1. The summed E-state index contributed by atoms with van der Waals surface area (Å²) in [7, 11) is 0. The first-order valence-corrected chi connectivity index (χ1v) is 4.08. The van der Waals surface area contributed by atoms with Crippen LogP contribution in [0.2, 0.25) is 0 Å². The largest absolute Gasteiger partial charge is 0.394 e. The minimum absolute atomic E-state index is 0.415. The van der Waals surface area contributed by atoms with Crippen LogP contribution in [-0.4, -0.2) is 56.9 Å². The van der Waals surface area contributed by atoms with Gasteiger partial charge in [0.15, 0.2) is 6.29 Å². The van der Waals surface area contributed by atoms with E-state index in [2.05, 4.69) is 17.4 Å². The number of hydrogen-bond acceptors (Lipinski definition) is 6. The summed E-state index contributed by atoms with van der Waals surface area (Å²) in [5.74, 6) is 0. The van der Waals surface area contributed by atoms with E-state index in [0.717, 1.165) is 0 Å². The third-order valence-corrected chi connectivity index (χ3v) is 2.48. The van der Waals surface area contributed by atoms with Gasteiger partial charge in [-0.3, -0.25) is 0 Å². The van der Waals surface area contributed by atoms with E-state index in [-0.39, 0.29) is 0 Å². The quantitative estimate of drug-likeness (QED) is 0.305. The summed E-state index contributed by atoms with van der Waals surface area (Å²) in [5, 5.41) is 35.3. The number of aliphatic hydroxyl groups is 4. The Morgan fingerprint density at radius 3 is 2.25 bits per heavy atom. The van der Waals surface area contributed by atoms with Gasteiger partial charge in [-0.15, -0.1) is 0 Å². The Morgan fingerprint density at radius 1 is 1.17 bits per heavy atom. The molecule has 5 atom stereocenters. The molecule has 72 valence electrons. The van der Waals surface area contributed by atoms with Gasteiger partial charge in [-0.05, 0) is 0 Å². The van der Waals surface area contributed by atoms with Crippen molar-refractivity contribution in [3.8, 4) is 0 Å². The molecule has 0 radical (unpaired) electrons. The first kappa shape index (κ1) is 10.2. The van der Waals surface area contributed by atoms with Crippen molar-refractivity contribution in [3.05, 3.63) is 0 Å². The van der Waals surface area contributed by atoms with E-state index < -0.39 is 36.5 Å². The van der Waals surface area contributed by atoms with Crippen LogP contribution in [0.25, 0.3) is 0 Å². The predicted octanol–water partition coefficient (Wildman–Crippen LogP) is -2.28. The molecule has 0 aromatic rings. The lowest BCUT2D eigenvalue weighted by Gasteiger charge is -2.37. The zero-order valence-corrected chi connectivity index (χ0v) is 7.13. The lowest BCUT2D eigenvalue weighted by Crippen LogP contribution is -2.56. The number of thiol groups is 1. The fourth-order valence-electron chi connectivity index (χ4n) is 1.08. The van der Waals surface area contributed by atoms with Crippen molar-refractivity contribution in [1.29, 1.82) is 0 Å². The molecule has 1 aliphatic rings. The predicted molar refractivity (Wildman–Crippen MR) is 42.8 cm³/mol. The Kier molecular flexibility index (Phi) is 3.33. The second-order valence-electron chi connectivity index (χ2n) is 2.72. The van der Waals surface area contributed by atoms with Crippen molar-refractivity contribution in [2.45, 2.75) is 29.9 Å². The van der Waals surface area contributed by atoms with Crippen LogP contribution in [0.3, 0.4) is 0 Å². The SMILES string of the molecule is OC[C@H]1O[C@H](O)[C@H](O)[C@H](S)[C@H]1O. The maximum Gasteiger partial charge on any atom is 0.182 e. The van der Waals surface area contributed by atoms with Gasteiger partial charge in [0.25, 0.3) is 0 Å². The molecular formula is C6H12O5S. The summed E-state index contributed by atoms with van der Waals surface area (Å²) in [6.07, 6.45) is -4.58. The van der Waals surface area contributed by atoms with Crippen LogP contribution in [0.1, 0.15) is 0 Å². The first-order chi connectivity index (χ1) is 5.57. The molecular weight excluding hydrogens is 184 g/mol. The molecule has 1 rings (SSSR count). The lowest BCUT2D eigenvalue weighted by atomic mass is 10.0. The van der Waals surface area contributed by atoms with Crippen molar-refractivity contribution in [2.75, 3.05) is 6.61 Å². The van der Waals surface area contributed by atoms with Crippen LogP contribution < -0.4 is 0 Å². The average Bonchev–Trinajstić information content (AvgIpc) is 2.08. The molecule has 5 nitrogen and oxygen atoms in total. The van der Waals surface area contributed by atoms with Crippen molar-refractivity contribution < 1.29 is 25.2 Å². The van der Waals surface area contributed by atoms with Gasteiger partial charge < -0.3 is 25.2 Å². The van der Waals surface area contributed by atoms with Gasteiger partial charge in [0.1, 0.15) is 12.2 Å². The van der Waals surface area contributed by atoms with Gasteiger partial charge in [0, 0.05) is 0 Å². The molecule has 0 spiro atoms. The highest BCUT2D eigenvalue weighted by molar-refractivity contribution is 7.81. The number of aliphatic hydroxyl groups excluding tert-OH is 4. The highest BCUT2D eigenvalue weighted by Gasteiger charge is 2.41. The zero-order chi connectivity index (χ0) is 9.30. The topological polar surface area (TPSA) is 90.2 Å². The van der Waals surface area contributed by atoms with Crippen LogP contribution in [0.5, 0.6) is 0 Å². The second kappa shape index (κ2) is 3.91. The first-order valence-electron chi connectivity index (χ1n) is 3.56. The summed E-state index contributed by atoms with van der Waals surface area (Å²) in [6, 6.07) is 0. The van der Waals surface area contributed by atoms with Gasteiger partial charge in [0.05, 0.1) is 18.0 Å². The Morgan fingerprint density at radius 2 is 1.75 bits per heavy atom. The average molecular weight is 196 g/mol. The molecule has 1 saturated heterocycles. The van der Waals surface area contributed by atoms with E-state index in [9.17, 15) is 5.11 Å². The van der Waals surface area contributed by atoms with Crippen molar-refractivity contribution in [2.24, 2.45) is 0 Å². The molecule has 1 fully saturated rings. The maximum absolute atomic E-state index is 9.29. The van der Waals surface area contributed by atoms with Gasteiger partial charge in [-0.25, -0.2) is 0 Å². The van der Waals surface area contributed by atoms with E-state index in [1.54, 1.807) is 0 Å². The smallest absolute Gasteiger partial charge is 0.182 e. The Bertz CT molecular complexity index is 150. The normalized spacial score (nSPS) is 49.2. The minimum atomic E-state index is -1.40. The molecule has 0 saturated carbocycles. The molecule has 0 unspecified atom stereocenters. The van der Waals surface area contributed by atoms with Gasteiger partial charge in [-0.1, -0.05) is 0 Å². The fraction of sp³-hybridized carbons (Fsp3) is 1.00. The molecule has 0 bridgehead atoms. The lowest BCUT2D eigenvalue weighted by molar-refractivity contribution is -0.247. The third-order valence-electron chi connectivity index (χ3n) is 1.87. The van der Waals surface area contributed by atoms with E-state index in [1.807, 2.05) is 0 Å². The van der Waals surface area contributed by atoms with Gasteiger partial charge in [-0.2, -0.15) is 12.6 Å². The van der Waals surface area contributed by atoms with Gasteiger partial charge in [0.2, 0.25) is 0 Å². The van der Waals surface area contributed by atoms with Crippen molar-refractivity contribution in [1.82, 2.24) is 0 Å². The molecule has 1 heterocycles. The number of rotatable bonds is 1. The van der Waals surface area contributed by atoms with E-state index >= 15 is 0 Å². The highest BCUT2D eigenvalue weighted by Crippen LogP contribution is 2.23. The Hall–Kier alpha value is 0.150. The Balaban J connectivity index is 2.63. The van der Waals surface area contributed by atoms with Crippen LogP contribution in [0, 0.1) is 0 Å². The van der Waals surface area contributed by atoms with Crippen LogP contribution >= 0.6 is 12.6 Å². The molecule has 12 heavy (non-hydrogen) atoms. The summed E-state index contributed by atoms with van der Waals surface area (Å²) in [5.41, 5.74) is 0. The summed E-state index contributed by atoms with van der Waals surface area (Å²) in [6.45, 7) is -0.415. The van der Waals surface area contributed by atoms with Crippen molar-refractivity contribution in [3.63, 3.8) is 0 Å². The van der Waals surface area contributed by atoms with Gasteiger partial charge >= 0.3 is 0 Å². The molecule has 0 aliphatic carbocycles. The third kappa shape index (κ3) is 1.73. The van der Waals surface area contributed by atoms with E-state index in [1.165, 1.54) is 0 Å². The molecule has 6 heteroatoms.